The fourth-order valence-corrected chi connectivity index (χ4v) is 2.53. The zero-order valence-electron chi connectivity index (χ0n) is 6.31. The summed E-state index contributed by atoms with van der Waals surface area (Å²) in [5.74, 6) is 1.85. The molecule has 0 saturated heterocycles. The quantitative estimate of drug-likeness (QED) is 0.501. The van der Waals surface area contributed by atoms with Gasteiger partial charge in [0.2, 0.25) is 0 Å². The van der Waals surface area contributed by atoms with Crippen LogP contribution in [0.3, 0.4) is 0 Å². The SMILES string of the molecule is O=C1CCCC2CCCC12. The van der Waals surface area contributed by atoms with E-state index in [9.17, 15) is 4.79 Å². The van der Waals surface area contributed by atoms with Crippen molar-refractivity contribution in [2.45, 2.75) is 38.5 Å². The van der Waals surface area contributed by atoms with E-state index in [1.165, 1.54) is 32.1 Å². The maximum absolute atomic E-state index is 11.3. The Morgan fingerprint density at radius 3 is 2.70 bits per heavy atom. The van der Waals surface area contributed by atoms with E-state index in [1.54, 1.807) is 0 Å². The van der Waals surface area contributed by atoms with E-state index in [-0.39, 0.29) is 0 Å². The van der Waals surface area contributed by atoms with Gasteiger partial charge < -0.3 is 0 Å². The van der Waals surface area contributed by atoms with Gasteiger partial charge in [0, 0.05) is 12.3 Å². The first-order valence-electron chi connectivity index (χ1n) is 4.40. The predicted molar refractivity (Wildman–Crippen MR) is 39.7 cm³/mol. The largest absolute Gasteiger partial charge is 0.299 e. The van der Waals surface area contributed by atoms with Crippen LogP contribution in [0.5, 0.6) is 0 Å². The van der Waals surface area contributed by atoms with Gasteiger partial charge in [-0.2, -0.15) is 0 Å². The molecule has 1 heteroatoms. The monoisotopic (exact) mass is 138 g/mol. The van der Waals surface area contributed by atoms with Crippen molar-refractivity contribution in [3.05, 3.63) is 0 Å². The Morgan fingerprint density at radius 1 is 1.10 bits per heavy atom. The van der Waals surface area contributed by atoms with E-state index in [2.05, 4.69) is 0 Å². The zero-order valence-corrected chi connectivity index (χ0v) is 6.31. The lowest BCUT2D eigenvalue weighted by Crippen LogP contribution is -2.23. The molecule has 0 heterocycles. The number of ketones is 1. The third-order valence-corrected chi connectivity index (χ3v) is 3.07. The van der Waals surface area contributed by atoms with Crippen molar-refractivity contribution in [1.29, 1.82) is 0 Å². The number of rotatable bonds is 0. The van der Waals surface area contributed by atoms with Crippen LogP contribution in [-0.4, -0.2) is 5.78 Å². The van der Waals surface area contributed by atoms with E-state index in [0.29, 0.717) is 11.7 Å². The second-order valence-corrected chi connectivity index (χ2v) is 3.66. The Kier molecular flexibility index (Phi) is 1.51. The minimum atomic E-state index is 0.494. The van der Waals surface area contributed by atoms with E-state index >= 15 is 0 Å². The normalized spacial score (nSPS) is 39.8. The molecular weight excluding hydrogens is 124 g/mol. The van der Waals surface area contributed by atoms with Crippen LogP contribution in [0, 0.1) is 11.8 Å². The van der Waals surface area contributed by atoms with Crippen molar-refractivity contribution in [2.75, 3.05) is 0 Å². The van der Waals surface area contributed by atoms with E-state index in [0.717, 1.165) is 12.3 Å². The summed E-state index contributed by atoms with van der Waals surface area (Å²) in [6.07, 6.45) is 7.21. The second kappa shape index (κ2) is 2.37. The Labute approximate surface area is 61.8 Å². The van der Waals surface area contributed by atoms with Crippen LogP contribution in [0.15, 0.2) is 0 Å². The van der Waals surface area contributed by atoms with Crippen molar-refractivity contribution < 1.29 is 4.79 Å². The molecule has 0 aromatic carbocycles. The zero-order chi connectivity index (χ0) is 6.97. The fourth-order valence-electron chi connectivity index (χ4n) is 2.53. The molecule has 2 rings (SSSR count). The second-order valence-electron chi connectivity index (χ2n) is 3.66. The number of Topliss-reactive ketones (excluding diaryl/α,β-unsaturated/α-hetero) is 1. The molecule has 10 heavy (non-hydrogen) atoms. The van der Waals surface area contributed by atoms with Crippen molar-refractivity contribution >= 4 is 5.78 Å². The molecule has 0 bridgehead atoms. The van der Waals surface area contributed by atoms with Crippen LogP contribution in [0.4, 0.5) is 0 Å². The Balaban J connectivity index is 2.10. The highest BCUT2D eigenvalue weighted by Crippen LogP contribution is 2.39. The third kappa shape index (κ3) is 0.882. The highest BCUT2D eigenvalue weighted by Gasteiger charge is 2.34. The van der Waals surface area contributed by atoms with Gasteiger partial charge >= 0.3 is 0 Å². The summed E-state index contributed by atoms with van der Waals surface area (Å²) in [5.41, 5.74) is 0. The molecule has 0 radical (unpaired) electrons. The molecule has 0 aromatic heterocycles. The highest BCUT2D eigenvalue weighted by molar-refractivity contribution is 5.82. The van der Waals surface area contributed by atoms with Gasteiger partial charge in [-0.3, -0.25) is 4.79 Å². The molecule has 0 N–H and O–H groups in total. The molecule has 2 aliphatic carbocycles. The van der Waals surface area contributed by atoms with Gasteiger partial charge in [-0.05, 0) is 31.6 Å². The molecule has 0 aromatic rings. The van der Waals surface area contributed by atoms with Crippen molar-refractivity contribution in [3.8, 4) is 0 Å². The first-order valence-corrected chi connectivity index (χ1v) is 4.40. The Bertz CT molecular complexity index is 151. The number of carbonyl (C=O) groups is 1. The molecule has 2 saturated carbocycles. The van der Waals surface area contributed by atoms with Crippen LogP contribution < -0.4 is 0 Å². The lowest BCUT2D eigenvalue weighted by atomic mass is 9.81. The summed E-state index contributed by atoms with van der Waals surface area (Å²) in [4.78, 5) is 11.3. The maximum atomic E-state index is 11.3. The predicted octanol–water partition coefficient (Wildman–Crippen LogP) is 2.16. The van der Waals surface area contributed by atoms with Crippen LogP contribution >= 0.6 is 0 Å². The Hall–Kier alpha value is -0.330. The molecule has 56 valence electrons. The van der Waals surface area contributed by atoms with E-state index < -0.39 is 0 Å². The van der Waals surface area contributed by atoms with Crippen LogP contribution in [0.2, 0.25) is 0 Å². The molecule has 0 aliphatic heterocycles. The fraction of sp³-hybridized carbons (Fsp3) is 0.889. The van der Waals surface area contributed by atoms with Gasteiger partial charge in [0.05, 0.1) is 0 Å². The third-order valence-electron chi connectivity index (χ3n) is 3.07. The van der Waals surface area contributed by atoms with Gasteiger partial charge in [-0.25, -0.2) is 0 Å². The molecular formula is C9H14O. The molecule has 0 amide bonds. The molecule has 1 nitrogen and oxygen atoms in total. The summed E-state index contributed by atoms with van der Waals surface area (Å²) in [6.45, 7) is 0. The molecule has 2 atom stereocenters. The van der Waals surface area contributed by atoms with Gasteiger partial charge in [-0.1, -0.05) is 6.42 Å². The van der Waals surface area contributed by atoms with Gasteiger partial charge in [0.1, 0.15) is 5.78 Å². The van der Waals surface area contributed by atoms with E-state index in [1.807, 2.05) is 0 Å². The van der Waals surface area contributed by atoms with Crippen molar-refractivity contribution in [3.63, 3.8) is 0 Å². The van der Waals surface area contributed by atoms with Crippen molar-refractivity contribution in [1.82, 2.24) is 0 Å². The Morgan fingerprint density at radius 2 is 1.90 bits per heavy atom. The topological polar surface area (TPSA) is 17.1 Å². The minimum absolute atomic E-state index is 0.494. The first kappa shape index (κ1) is 6.38. The summed E-state index contributed by atoms with van der Waals surface area (Å²) in [6, 6.07) is 0. The summed E-state index contributed by atoms with van der Waals surface area (Å²) < 4.78 is 0. The maximum Gasteiger partial charge on any atom is 0.136 e. The average Bonchev–Trinajstić information content (AvgIpc) is 2.36. The molecule has 0 spiro atoms. The smallest absolute Gasteiger partial charge is 0.136 e. The molecule has 2 fully saturated rings. The standard InChI is InChI=1S/C9H14O/c10-9-6-2-4-7-3-1-5-8(7)9/h7-8H,1-6H2. The summed E-state index contributed by atoms with van der Waals surface area (Å²) in [7, 11) is 0. The van der Waals surface area contributed by atoms with Gasteiger partial charge in [0.25, 0.3) is 0 Å². The van der Waals surface area contributed by atoms with E-state index in [4.69, 9.17) is 0 Å². The van der Waals surface area contributed by atoms with Crippen LogP contribution in [0.1, 0.15) is 38.5 Å². The van der Waals surface area contributed by atoms with Crippen LogP contribution in [0.25, 0.3) is 0 Å². The number of hydrogen-bond donors (Lipinski definition) is 0. The number of carbonyl (C=O) groups excluding carboxylic acids is 1. The summed E-state index contributed by atoms with van der Waals surface area (Å²) in [5, 5.41) is 0. The number of hydrogen-bond acceptors (Lipinski definition) is 1. The number of fused-ring (bicyclic) bond motifs is 1. The minimum Gasteiger partial charge on any atom is -0.299 e. The first-order chi connectivity index (χ1) is 4.88. The summed E-state index contributed by atoms with van der Waals surface area (Å²) >= 11 is 0. The molecule has 2 unspecified atom stereocenters. The average molecular weight is 138 g/mol. The molecule has 2 aliphatic rings. The van der Waals surface area contributed by atoms with Gasteiger partial charge in [0.15, 0.2) is 0 Å². The lowest BCUT2D eigenvalue weighted by molar-refractivity contribution is -0.125. The van der Waals surface area contributed by atoms with Crippen LogP contribution in [-0.2, 0) is 4.79 Å². The van der Waals surface area contributed by atoms with Gasteiger partial charge in [-0.15, -0.1) is 0 Å². The highest BCUT2D eigenvalue weighted by atomic mass is 16.1. The lowest BCUT2D eigenvalue weighted by Gasteiger charge is -2.23. The van der Waals surface area contributed by atoms with Crippen molar-refractivity contribution in [2.24, 2.45) is 11.8 Å².